The van der Waals surface area contributed by atoms with Gasteiger partial charge in [0.1, 0.15) is 11.9 Å². The van der Waals surface area contributed by atoms with Crippen LogP contribution >= 0.6 is 0 Å². The van der Waals surface area contributed by atoms with Crippen molar-refractivity contribution >= 4 is 5.97 Å². The molecule has 15 heavy (non-hydrogen) atoms. The smallest absolute Gasteiger partial charge is 0.306 e. The maximum atomic E-state index is 11.2. The fourth-order valence-corrected chi connectivity index (χ4v) is 1.27. The summed E-state index contributed by atoms with van der Waals surface area (Å²) in [5.41, 5.74) is 0.886. The van der Waals surface area contributed by atoms with Gasteiger partial charge in [0.05, 0.1) is 0 Å². The third-order valence-electron chi connectivity index (χ3n) is 2.12. The van der Waals surface area contributed by atoms with Crippen molar-refractivity contribution in [2.24, 2.45) is 0 Å². The topological polar surface area (TPSA) is 46.5 Å². The summed E-state index contributed by atoms with van der Waals surface area (Å²) < 4.78 is 5.20. The zero-order valence-electron chi connectivity index (χ0n) is 9.06. The number of ether oxygens (including phenoxy) is 1. The average Bonchev–Trinajstić information content (AvgIpc) is 2.18. The molecule has 1 rings (SSSR count). The molecule has 0 aliphatic heterocycles. The van der Waals surface area contributed by atoms with Crippen LogP contribution < -0.4 is 0 Å². The summed E-state index contributed by atoms with van der Waals surface area (Å²) in [6.07, 6.45) is 0.980. The minimum absolute atomic E-state index is 0.182. The average molecular weight is 208 g/mol. The van der Waals surface area contributed by atoms with Crippen molar-refractivity contribution < 1.29 is 14.6 Å². The second-order valence-corrected chi connectivity index (χ2v) is 3.47. The number of hydrogen-bond acceptors (Lipinski definition) is 3. The van der Waals surface area contributed by atoms with E-state index >= 15 is 0 Å². The highest BCUT2D eigenvalue weighted by atomic mass is 16.5. The fraction of sp³-hybridized carbons (Fsp3) is 0.417. The van der Waals surface area contributed by atoms with Gasteiger partial charge in [-0.1, -0.05) is 19.1 Å². The van der Waals surface area contributed by atoms with Crippen molar-refractivity contribution in [1.29, 1.82) is 0 Å². The fourth-order valence-electron chi connectivity index (χ4n) is 1.27. The van der Waals surface area contributed by atoms with Crippen molar-refractivity contribution in [3.63, 3.8) is 0 Å². The van der Waals surface area contributed by atoms with Crippen LogP contribution in [-0.4, -0.2) is 11.1 Å². The van der Waals surface area contributed by atoms with E-state index < -0.39 is 0 Å². The molecule has 0 radical (unpaired) electrons. The highest BCUT2D eigenvalue weighted by molar-refractivity contribution is 5.69. The zero-order valence-corrected chi connectivity index (χ0v) is 9.06. The highest BCUT2D eigenvalue weighted by Crippen LogP contribution is 2.20. The molecular weight excluding hydrogens is 192 g/mol. The Morgan fingerprint density at radius 1 is 1.40 bits per heavy atom. The van der Waals surface area contributed by atoms with Gasteiger partial charge in [-0.05, 0) is 31.0 Å². The highest BCUT2D eigenvalue weighted by Gasteiger charge is 2.10. The van der Waals surface area contributed by atoms with E-state index in [1.54, 1.807) is 24.3 Å². The van der Waals surface area contributed by atoms with Crippen LogP contribution in [0.5, 0.6) is 5.75 Å². The lowest BCUT2D eigenvalue weighted by atomic mass is 10.1. The van der Waals surface area contributed by atoms with Gasteiger partial charge in [-0.3, -0.25) is 4.79 Å². The number of carbonyl (C=O) groups is 1. The van der Waals surface area contributed by atoms with E-state index in [9.17, 15) is 4.79 Å². The van der Waals surface area contributed by atoms with Gasteiger partial charge < -0.3 is 9.84 Å². The first kappa shape index (κ1) is 11.6. The van der Waals surface area contributed by atoms with Crippen molar-refractivity contribution in [3.8, 4) is 5.75 Å². The van der Waals surface area contributed by atoms with Crippen LogP contribution in [0.15, 0.2) is 24.3 Å². The quantitative estimate of drug-likeness (QED) is 0.774. The van der Waals surface area contributed by atoms with Crippen molar-refractivity contribution in [2.75, 3.05) is 0 Å². The summed E-state index contributed by atoms with van der Waals surface area (Å²) in [6.45, 7) is 3.76. The van der Waals surface area contributed by atoms with Crippen molar-refractivity contribution in [2.45, 2.75) is 32.8 Å². The van der Waals surface area contributed by atoms with E-state index in [0.29, 0.717) is 6.42 Å². The number of hydrogen-bond donors (Lipinski definition) is 1. The Hall–Kier alpha value is -1.51. The minimum Gasteiger partial charge on any atom is -0.508 e. The summed E-state index contributed by atoms with van der Waals surface area (Å²) in [7, 11) is 0. The summed E-state index contributed by atoms with van der Waals surface area (Å²) in [6, 6.07) is 6.66. The lowest BCUT2D eigenvalue weighted by Crippen LogP contribution is -2.07. The van der Waals surface area contributed by atoms with Crippen LogP contribution in [-0.2, 0) is 9.53 Å². The normalized spacial score (nSPS) is 12.1. The molecular formula is C12H16O3. The number of phenols is 1. The Kier molecular flexibility index (Phi) is 4.16. The molecule has 1 aromatic rings. The van der Waals surface area contributed by atoms with Crippen LogP contribution in [0.1, 0.15) is 38.4 Å². The van der Waals surface area contributed by atoms with E-state index in [2.05, 4.69) is 0 Å². The Morgan fingerprint density at radius 2 is 2.00 bits per heavy atom. The first-order valence-electron chi connectivity index (χ1n) is 5.12. The van der Waals surface area contributed by atoms with Gasteiger partial charge in [0.25, 0.3) is 0 Å². The predicted octanol–water partition coefficient (Wildman–Crippen LogP) is 2.80. The molecule has 0 aliphatic rings. The first-order chi connectivity index (χ1) is 7.13. The van der Waals surface area contributed by atoms with Gasteiger partial charge in [-0.15, -0.1) is 0 Å². The lowest BCUT2D eigenvalue weighted by molar-refractivity contribution is -0.148. The van der Waals surface area contributed by atoms with Gasteiger partial charge in [0.2, 0.25) is 0 Å². The third kappa shape index (κ3) is 3.62. The second-order valence-electron chi connectivity index (χ2n) is 3.47. The molecule has 0 heterocycles. The lowest BCUT2D eigenvalue weighted by Gasteiger charge is -2.13. The van der Waals surface area contributed by atoms with Gasteiger partial charge in [0.15, 0.2) is 0 Å². The summed E-state index contributed by atoms with van der Waals surface area (Å²) >= 11 is 0. The molecule has 1 atom stereocenters. The molecule has 3 nitrogen and oxygen atoms in total. The number of esters is 1. The minimum atomic E-state index is -0.260. The van der Waals surface area contributed by atoms with Crippen LogP contribution in [0.25, 0.3) is 0 Å². The maximum absolute atomic E-state index is 11.2. The molecule has 0 spiro atoms. The van der Waals surface area contributed by atoms with E-state index in [4.69, 9.17) is 9.84 Å². The molecule has 0 saturated carbocycles. The molecule has 0 amide bonds. The van der Waals surface area contributed by atoms with E-state index in [-0.39, 0.29) is 17.8 Å². The van der Waals surface area contributed by atoms with Crippen molar-refractivity contribution in [3.05, 3.63) is 29.8 Å². The van der Waals surface area contributed by atoms with Gasteiger partial charge in [0, 0.05) is 6.42 Å². The van der Waals surface area contributed by atoms with Crippen LogP contribution in [0.3, 0.4) is 0 Å². The largest absolute Gasteiger partial charge is 0.508 e. The molecule has 0 bridgehead atoms. The molecule has 0 saturated heterocycles. The Labute approximate surface area is 89.7 Å². The van der Waals surface area contributed by atoms with E-state index in [1.165, 1.54) is 0 Å². The van der Waals surface area contributed by atoms with E-state index in [0.717, 1.165) is 12.0 Å². The summed E-state index contributed by atoms with van der Waals surface area (Å²) in [4.78, 5) is 11.2. The van der Waals surface area contributed by atoms with Crippen LogP contribution in [0.4, 0.5) is 0 Å². The SMILES string of the molecule is CCCC(=O)OC(C)c1ccc(O)cc1. The second kappa shape index (κ2) is 5.39. The number of aromatic hydroxyl groups is 1. The number of rotatable bonds is 4. The van der Waals surface area contributed by atoms with Gasteiger partial charge >= 0.3 is 5.97 Å². The first-order valence-corrected chi connectivity index (χ1v) is 5.12. The molecule has 1 aromatic carbocycles. The molecule has 3 heteroatoms. The number of carbonyl (C=O) groups excluding carboxylic acids is 1. The summed E-state index contributed by atoms with van der Waals surface area (Å²) in [5, 5.41) is 9.10. The van der Waals surface area contributed by atoms with Crippen molar-refractivity contribution in [1.82, 2.24) is 0 Å². The summed E-state index contributed by atoms with van der Waals surface area (Å²) in [5.74, 6) is 0.0314. The third-order valence-corrected chi connectivity index (χ3v) is 2.12. The molecule has 1 unspecified atom stereocenters. The predicted molar refractivity (Wildman–Crippen MR) is 57.5 cm³/mol. The molecule has 0 aliphatic carbocycles. The molecule has 82 valence electrons. The Morgan fingerprint density at radius 3 is 2.53 bits per heavy atom. The molecule has 0 fully saturated rings. The number of phenolic OH excluding ortho intramolecular Hbond substituents is 1. The zero-order chi connectivity index (χ0) is 11.3. The van der Waals surface area contributed by atoms with Crippen LogP contribution in [0.2, 0.25) is 0 Å². The molecule has 0 aromatic heterocycles. The monoisotopic (exact) mass is 208 g/mol. The Bertz CT molecular complexity index is 316. The standard InChI is InChI=1S/C12H16O3/c1-3-4-12(14)15-9(2)10-5-7-11(13)8-6-10/h5-9,13H,3-4H2,1-2H3. The number of benzene rings is 1. The molecule has 1 N–H and O–H groups in total. The van der Waals surface area contributed by atoms with E-state index in [1.807, 2.05) is 13.8 Å². The van der Waals surface area contributed by atoms with Crippen LogP contribution in [0, 0.1) is 0 Å². The maximum Gasteiger partial charge on any atom is 0.306 e. The van der Waals surface area contributed by atoms with Gasteiger partial charge in [-0.25, -0.2) is 0 Å². The Balaban J connectivity index is 2.57. The van der Waals surface area contributed by atoms with Gasteiger partial charge in [-0.2, -0.15) is 0 Å².